The second-order valence-electron chi connectivity index (χ2n) is 8.10. The summed E-state index contributed by atoms with van der Waals surface area (Å²) < 4.78 is 5.46. The number of aromatic nitrogens is 2. The molecule has 3 aromatic rings. The second-order valence-corrected chi connectivity index (χ2v) is 8.10. The van der Waals surface area contributed by atoms with E-state index < -0.39 is 5.54 Å². The zero-order valence-corrected chi connectivity index (χ0v) is 18.4. The highest BCUT2D eigenvalue weighted by atomic mass is 16.5. The summed E-state index contributed by atoms with van der Waals surface area (Å²) in [6, 6.07) is 13.4. The van der Waals surface area contributed by atoms with Crippen LogP contribution in [0.4, 0.5) is 5.69 Å². The highest BCUT2D eigenvalue weighted by molar-refractivity contribution is 6.30. The summed E-state index contributed by atoms with van der Waals surface area (Å²) in [4.78, 5) is 35.9. The summed E-state index contributed by atoms with van der Waals surface area (Å²) in [7, 11) is 3.38. The van der Waals surface area contributed by atoms with Crippen molar-refractivity contribution >= 4 is 33.9 Å². The van der Waals surface area contributed by atoms with Crippen LogP contribution in [-0.4, -0.2) is 41.2 Å². The van der Waals surface area contributed by atoms with Crippen LogP contribution in [-0.2, 0) is 9.59 Å². The molecule has 0 bridgehead atoms. The van der Waals surface area contributed by atoms with Crippen molar-refractivity contribution < 1.29 is 14.3 Å². The number of para-hydroxylation sites is 2. The number of carbonyl (C=O) groups excluding carboxylic acids is 2. The largest absolute Gasteiger partial charge is 0.497 e. The minimum Gasteiger partial charge on any atom is -0.497 e. The SMILES string of the molecule is CNC1=C(c2nc3ccccc3[nH]2)C(=O)C(C)(CC(C)=O)N1c1cc(C)cc(OC)c1. The molecular weight excluding hydrogens is 392 g/mol. The Morgan fingerprint density at radius 2 is 2.00 bits per heavy atom. The number of imidazole rings is 1. The van der Waals surface area contributed by atoms with E-state index in [1.54, 1.807) is 21.1 Å². The molecule has 0 spiro atoms. The Morgan fingerprint density at radius 3 is 2.65 bits per heavy atom. The van der Waals surface area contributed by atoms with E-state index in [2.05, 4.69) is 15.3 Å². The van der Waals surface area contributed by atoms with Gasteiger partial charge in [-0.2, -0.15) is 0 Å². The molecule has 31 heavy (non-hydrogen) atoms. The number of nitrogens with one attached hydrogen (secondary N) is 2. The van der Waals surface area contributed by atoms with E-state index in [1.807, 2.05) is 54.3 Å². The first-order valence-corrected chi connectivity index (χ1v) is 10.2. The average Bonchev–Trinajstić information content (AvgIpc) is 3.23. The number of fused-ring (bicyclic) bond motifs is 1. The maximum Gasteiger partial charge on any atom is 0.196 e. The molecule has 1 aliphatic rings. The van der Waals surface area contributed by atoms with Gasteiger partial charge in [-0.05, 0) is 50.6 Å². The Morgan fingerprint density at radius 1 is 1.26 bits per heavy atom. The lowest BCUT2D eigenvalue weighted by Crippen LogP contribution is -2.50. The molecule has 0 saturated carbocycles. The average molecular weight is 418 g/mol. The number of rotatable bonds is 6. The van der Waals surface area contributed by atoms with Gasteiger partial charge in [0.05, 0.1) is 18.1 Å². The molecule has 2 N–H and O–H groups in total. The molecule has 1 aliphatic heterocycles. The molecule has 0 amide bonds. The van der Waals surface area contributed by atoms with E-state index in [0.717, 1.165) is 22.3 Å². The lowest BCUT2D eigenvalue weighted by Gasteiger charge is -2.37. The number of Topliss-reactive ketones (excluding diaryl/α,β-unsaturated/α-hetero) is 2. The maximum atomic E-state index is 13.8. The number of anilines is 1. The van der Waals surface area contributed by atoms with Crippen molar-refractivity contribution in [2.45, 2.75) is 32.7 Å². The van der Waals surface area contributed by atoms with Crippen molar-refractivity contribution in [2.75, 3.05) is 19.1 Å². The summed E-state index contributed by atoms with van der Waals surface area (Å²) in [6.07, 6.45) is 0.0665. The van der Waals surface area contributed by atoms with Crippen molar-refractivity contribution in [2.24, 2.45) is 0 Å². The molecular formula is C24H26N4O3. The van der Waals surface area contributed by atoms with E-state index in [4.69, 9.17) is 4.74 Å². The number of carbonyl (C=O) groups is 2. The Balaban J connectivity index is 1.97. The number of ether oxygens (including phenoxy) is 1. The molecule has 0 aliphatic carbocycles. The highest BCUT2D eigenvalue weighted by Gasteiger charge is 2.51. The second kappa shape index (κ2) is 7.58. The van der Waals surface area contributed by atoms with Gasteiger partial charge in [-0.25, -0.2) is 4.98 Å². The number of hydrogen-bond donors (Lipinski definition) is 2. The van der Waals surface area contributed by atoms with Crippen molar-refractivity contribution in [1.82, 2.24) is 15.3 Å². The molecule has 2 aromatic carbocycles. The van der Waals surface area contributed by atoms with Crippen molar-refractivity contribution in [3.8, 4) is 5.75 Å². The van der Waals surface area contributed by atoms with Crippen LogP contribution in [0, 0.1) is 6.92 Å². The van der Waals surface area contributed by atoms with Crippen LogP contribution in [0.5, 0.6) is 5.75 Å². The lowest BCUT2D eigenvalue weighted by atomic mass is 9.88. The van der Waals surface area contributed by atoms with Gasteiger partial charge in [-0.15, -0.1) is 0 Å². The summed E-state index contributed by atoms with van der Waals surface area (Å²) in [6.45, 7) is 5.28. The van der Waals surface area contributed by atoms with E-state index >= 15 is 0 Å². The third-order valence-electron chi connectivity index (χ3n) is 5.66. The number of benzene rings is 2. The van der Waals surface area contributed by atoms with Gasteiger partial charge in [-0.1, -0.05) is 12.1 Å². The highest BCUT2D eigenvalue weighted by Crippen LogP contribution is 2.44. The third-order valence-corrected chi connectivity index (χ3v) is 5.66. The smallest absolute Gasteiger partial charge is 0.196 e. The maximum absolute atomic E-state index is 13.8. The fraction of sp³-hybridized carbons (Fsp3) is 0.292. The zero-order valence-electron chi connectivity index (χ0n) is 18.4. The summed E-state index contributed by atoms with van der Waals surface area (Å²) in [5.41, 5.74) is 2.71. The first-order valence-electron chi connectivity index (χ1n) is 10.2. The number of aryl methyl sites for hydroxylation is 1. The van der Waals surface area contributed by atoms with E-state index in [-0.39, 0.29) is 18.0 Å². The molecule has 1 aromatic heterocycles. The van der Waals surface area contributed by atoms with Gasteiger partial charge in [-0.3, -0.25) is 9.59 Å². The molecule has 0 radical (unpaired) electrons. The minimum absolute atomic E-state index is 0.0665. The van der Waals surface area contributed by atoms with Gasteiger partial charge in [0.1, 0.15) is 34.3 Å². The number of aromatic amines is 1. The molecule has 2 heterocycles. The predicted molar refractivity (Wildman–Crippen MR) is 121 cm³/mol. The number of methoxy groups -OCH3 is 1. The molecule has 0 saturated heterocycles. The molecule has 0 fully saturated rings. The van der Waals surface area contributed by atoms with Gasteiger partial charge < -0.3 is 19.9 Å². The molecule has 160 valence electrons. The van der Waals surface area contributed by atoms with E-state index in [0.29, 0.717) is 23.0 Å². The van der Waals surface area contributed by atoms with Crippen molar-refractivity contribution in [3.05, 3.63) is 59.7 Å². The molecule has 4 rings (SSSR count). The van der Waals surface area contributed by atoms with Crippen LogP contribution in [0.2, 0.25) is 0 Å². The summed E-state index contributed by atoms with van der Waals surface area (Å²) in [5, 5.41) is 3.19. The van der Waals surface area contributed by atoms with Gasteiger partial charge in [0.15, 0.2) is 5.78 Å². The van der Waals surface area contributed by atoms with Crippen LogP contribution in [0.3, 0.4) is 0 Å². The summed E-state index contributed by atoms with van der Waals surface area (Å²) >= 11 is 0. The number of ketones is 2. The monoisotopic (exact) mass is 418 g/mol. The quantitative estimate of drug-likeness (QED) is 0.636. The van der Waals surface area contributed by atoms with Crippen LogP contribution in [0.15, 0.2) is 48.3 Å². The summed E-state index contributed by atoms with van der Waals surface area (Å²) in [5.74, 6) is 1.53. The predicted octanol–water partition coefficient (Wildman–Crippen LogP) is 3.60. The van der Waals surface area contributed by atoms with Crippen LogP contribution in [0.25, 0.3) is 16.6 Å². The first-order chi connectivity index (χ1) is 14.8. The number of H-pyrrole nitrogens is 1. The van der Waals surface area contributed by atoms with Gasteiger partial charge >= 0.3 is 0 Å². The molecule has 7 nitrogen and oxygen atoms in total. The molecule has 1 atom stereocenters. The fourth-order valence-electron chi connectivity index (χ4n) is 4.40. The Kier molecular flexibility index (Phi) is 5.05. The Hall–Kier alpha value is -3.61. The van der Waals surface area contributed by atoms with Crippen molar-refractivity contribution in [1.29, 1.82) is 0 Å². The van der Waals surface area contributed by atoms with Crippen LogP contribution >= 0.6 is 0 Å². The van der Waals surface area contributed by atoms with Crippen LogP contribution < -0.4 is 15.0 Å². The fourth-order valence-corrected chi connectivity index (χ4v) is 4.40. The lowest BCUT2D eigenvalue weighted by molar-refractivity contribution is -0.123. The third kappa shape index (κ3) is 3.36. The van der Waals surface area contributed by atoms with Gasteiger partial charge in [0.25, 0.3) is 0 Å². The normalized spacial score (nSPS) is 18.7. The van der Waals surface area contributed by atoms with E-state index in [1.165, 1.54) is 6.92 Å². The minimum atomic E-state index is -1.10. The van der Waals surface area contributed by atoms with Crippen LogP contribution in [0.1, 0.15) is 31.7 Å². The Labute approximate surface area is 181 Å². The number of nitrogens with zero attached hydrogens (tertiary/aromatic N) is 2. The van der Waals surface area contributed by atoms with Gasteiger partial charge in [0, 0.05) is 25.2 Å². The number of hydrogen-bond acceptors (Lipinski definition) is 6. The van der Waals surface area contributed by atoms with Crippen molar-refractivity contribution in [3.63, 3.8) is 0 Å². The topological polar surface area (TPSA) is 87.3 Å². The van der Waals surface area contributed by atoms with Gasteiger partial charge in [0.2, 0.25) is 0 Å². The molecule has 1 unspecified atom stereocenters. The Bertz CT molecular complexity index is 1190. The standard InChI is InChI=1S/C24H26N4O3/c1-14-10-16(12-17(11-14)31-5)28-23(25-4)20(21(30)24(28,3)13-15(2)29)22-26-18-8-6-7-9-19(18)27-22/h6-12,25H,13H2,1-5H3,(H,26,27). The zero-order chi connectivity index (χ0) is 22.3. The molecule has 7 heteroatoms. The first kappa shape index (κ1) is 20.7. The van der Waals surface area contributed by atoms with E-state index in [9.17, 15) is 9.59 Å².